The maximum absolute atomic E-state index is 14.0. The van der Waals surface area contributed by atoms with Crippen molar-refractivity contribution in [3.8, 4) is 17.1 Å². The molecule has 0 saturated heterocycles. The number of hydrogen-bond acceptors (Lipinski definition) is 7. The summed E-state index contributed by atoms with van der Waals surface area (Å²) in [6.07, 6.45) is 5.17. The van der Waals surface area contributed by atoms with E-state index in [0.717, 1.165) is 12.5 Å². The molecule has 0 aliphatic heterocycles. The summed E-state index contributed by atoms with van der Waals surface area (Å²) in [5, 5.41) is 10.5. The van der Waals surface area contributed by atoms with Crippen molar-refractivity contribution < 1.29 is 22.3 Å². The average molecular weight is 534 g/mol. The van der Waals surface area contributed by atoms with Crippen molar-refractivity contribution in [1.82, 2.24) is 24.5 Å². The smallest absolute Gasteiger partial charge is 0.257 e. The number of anilines is 2. The van der Waals surface area contributed by atoms with Crippen LogP contribution in [-0.2, 0) is 30.7 Å². The Labute approximate surface area is 210 Å². The summed E-state index contributed by atoms with van der Waals surface area (Å²) in [7, 11) is -0.117. The van der Waals surface area contributed by atoms with Crippen molar-refractivity contribution in [1.29, 1.82) is 0 Å². The van der Waals surface area contributed by atoms with Crippen LogP contribution in [0.4, 0.5) is 15.8 Å². The number of carbonyl (C=O) groups excluding carboxylic acids is 1. The van der Waals surface area contributed by atoms with E-state index in [0.29, 0.717) is 17.1 Å². The molecule has 188 valence electrons. The van der Waals surface area contributed by atoms with E-state index in [-0.39, 0.29) is 34.3 Å². The van der Waals surface area contributed by atoms with E-state index in [1.165, 1.54) is 35.1 Å². The van der Waals surface area contributed by atoms with Crippen molar-refractivity contribution in [2.45, 2.75) is 6.61 Å². The summed E-state index contributed by atoms with van der Waals surface area (Å²) in [6.45, 7) is 0.0814. The Morgan fingerprint density at radius 3 is 2.58 bits per heavy atom. The number of aromatic nitrogens is 5. The average Bonchev–Trinajstić information content (AvgIpc) is 3.36. The fraction of sp³-hybridized carbons (Fsp3) is 0.182. The van der Waals surface area contributed by atoms with Gasteiger partial charge < -0.3 is 14.6 Å². The van der Waals surface area contributed by atoms with Gasteiger partial charge in [0, 0.05) is 37.1 Å². The molecule has 3 heterocycles. The third-order valence-corrected chi connectivity index (χ3v) is 5.80. The second kappa shape index (κ2) is 9.95. The largest absolute Gasteiger partial charge is 0.485 e. The minimum absolute atomic E-state index is 0.0814. The van der Waals surface area contributed by atoms with Crippen LogP contribution in [0.5, 0.6) is 5.75 Å². The number of hydrogen-bond donors (Lipinski definition) is 2. The highest BCUT2D eigenvalue weighted by Gasteiger charge is 2.18. The Morgan fingerprint density at radius 2 is 1.89 bits per heavy atom. The van der Waals surface area contributed by atoms with Gasteiger partial charge in [0.1, 0.15) is 18.1 Å². The van der Waals surface area contributed by atoms with Crippen molar-refractivity contribution >= 4 is 38.9 Å². The van der Waals surface area contributed by atoms with Crippen molar-refractivity contribution in [3.05, 3.63) is 71.0 Å². The highest BCUT2D eigenvalue weighted by Crippen LogP contribution is 2.31. The molecule has 0 radical (unpaired) electrons. The lowest BCUT2D eigenvalue weighted by atomic mass is 10.2. The number of benzene rings is 1. The fourth-order valence-electron chi connectivity index (χ4n) is 3.38. The Morgan fingerprint density at radius 1 is 1.14 bits per heavy atom. The number of rotatable bonds is 8. The molecule has 0 aliphatic carbocycles. The van der Waals surface area contributed by atoms with Gasteiger partial charge in [-0.05, 0) is 24.3 Å². The number of nitrogens with one attached hydrogen (secondary N) is 2. The molecule has 1 amide bonds. The molecule has 0 fully saturated rings. The number of amides is 1. The Balaban J connectivity index is 1.58. The van der Waals surface area contributed by atoms with Crippen LogP contribution < -0.4 is 14.8 Å². The first kappa shape index (κ1) is 25.1. The lowest BCUT2D eigenvalue weighted by Crippen LogP contribution is -2.13. The number of sulfonamides is 1. The first-order valence-electron chi connectivity index (χ1n) is 10.4. The van der Waals surface area contributed by atoms with Crippen LogP contribution in [0.25, 0.3) is 11.4 Å². The number of aryl methyl sites for hydroxylation is 2. The molecule has 0 aliphatic rings. The van der Waals surface area contributed by atoms with Gasteiger partial charge >= 0.3 is 0 Å². The van der Waals surface area contributed by atoms with E-state index >= 15 is 0 Å². The predicted octanol–water partition coefficient (Wildman–Crippen LogP) is 3.21. The lowest BCUT2D eigenvalue weighted by Gasteiger charge is -2.11. The van der Waals surface area contributed by atoms with Crippen LogP contribution in [0.3, 0.4) is 0 Å². The number of halogens is 2. The zero-order valence-corrected chi connectivity index (χ0v) is 20.9. The summed E-state index contributed by atoms with van der Waals surface area (Å²) >= 11 is 6.07. The third-order valence-electron chi connectivity index (χ3n) is 4.97. The van der Waals surface area contributed by atoms with E-state index in [4.69, 9.17) is 16.3 Å². The SMILES string of the molecule is Cn1cc(C(=O)Nc2cc(Cl)cc(NS(C)(=O)=O)c2)cc1-c1ncc(F)cc1OCc1cnnn1C. The number of pyridine rings is 1. The Hall–Kier alpha value is -3.97. The van der Waals surface area contributed by atoms with Gasteiger partial charge in [-0.15, -0.1) is 5.10 Å². The van der Waals surface area contributed by atoms with Gasteiger partial charge in [0.05, 0.1) is 41.3 Å². The molecule has 4 rings (SSSR count). The van der Waals surface area contributed by atoms with Crippen molar-refractivity contribution in [2.24, 2.45) is 14.1 Å². The van der Waals surface area contributed by atoms with E-state index in [9.17, 15) is 17.6 Å². The summed E-state index contributed by atoms with van der Waals surface area (Å²) in [5.41, 5.74) is 2.27. The van der Waals surface area contributed by atoms with Crippen molar-refractivity contribution in [2.75, 3.05) is 16.3 Å². The first-order valence-corrected chi connectivity index (χ1v) is 12.6. The van der Waals surface area contributed by atoms with Crippen LogP contribution in [-0.4, -0.2) is 45.1 Å². The molecule has 11 nitrogen and oxygen atoms in total. The third kappa shape index (κ3) is 5.98. The lowest BCUT2D eigenvalue weighted by molar-refractivity contribution is 0.102. The van der Waals surface area contributed by atoms with Gasteiger partial charge in [0.25, 0.3) is 5.91 Å². The van der Waals surface area contributed by atoms with Gasteiger partial charge in [-0.25, -0.2) is 22.5 Å². The molecule has 1 aromatic carbocycles. The molecule has 14 heteroatoms. The van der Waals surface area contributed by atoms with Gasteiger partial charge in [0.15, 0.2) is 5.75 Å². The van der Waals surface area contributed by atoms with E-state index < -0.39 is 21.7 Å². The van der Waals surface area contributed by atoms with Gasteiger partial charge in [-0.3, -0.25) is 9.52 Å². The number of nitrogens with zero attached hydrogens (tertiary/aromatic N) is 5. The minimum Gasteiger partial charge on any atom is -0.485 e. The zero-order valence-electron chi connectivity index (χ0n) is 19.4. The molecule has 4 aromatic rings. The summed E-state index contributed by atoms with van der Waals surface area (Å²) in [5.74, 6) is -0.880. The van der Waals surface area contributed by atoms with Crippen LogP contribution in [0.15, 0.2) is 48.9 Å². The monoisotopic (exact) mass is 533 g/mol. The fourth-order valence-corrected chi connectivity index (χ4v) is 4.16. The minimum atomic E-state index is -3.53. The van der Waals surface area contributed by atoms with E-state index in [1.807, 2.05) is 0 Å². The molecule has 36 heavy (non-hydrogen) atoms. The van der Waals surface area contributed by atoms with Crippen LogP contribution >= 0.6 is 11.6 Å². The van der Waals surface area contributed by atoms with Crippen LogP contribution in [0.1, 0.15) is 16.1 Å². The zero-order chi connectivity index (χ0) is 26.0. The predicted molar refractivity (Wildman–Crippen MR) is 132 cm³/mol. The summed E-state index contributed by atoms with van der Waals surface area (Å²) in [6, 6.07) is 7.13. The normalized spacial score (nSPS) is 11.4. The molecular weight excluding hydrogens is 513 g/mol. The maximum atomic E-state index is 14.0. The second-order valence-electron chi connectivity index (χ2n) is 7.92. The Kier molecular flexibility index (Phi) is 6.95. The molecule has 0 spiro atoms. The standard InChI is InChI=1S/C22H21ClFN7O4S/c1-30-11-13(22(32)27-16-5-14(23)6-17(8-16)28-36(3,33)34)4-19(30)21-20(7-15(24)9-25-21)35-12-18-10-26-29-31(18)2/h4-11,28H,12H2,1-3H3,(H,27,32). The molecule has 0 atom stereocenters. The maximum Gasteiger partial charge on any atom is 0.257 e. The van der Waals surface area contributed by atoms with E-state index in [2.05, 4.69) is 25.3 Å². The van der Waals surface area contributed by atoms with Crippen LogP contribution in [0.2, 0.25) is 5.02 Å². The summed E-state index contributed by atoms with van der Waals surface area (Å²) in [4.78, 5) is 17.1. The number of carbonyl (C=O) groups is 1. The van der Waals surface area contributed by atoms with Gasteiger partial charge in [-0.1, -0.05) is 16.8 Å². The van der Waals surface area contributed by atoms with Gasteiger partial charge in [0.2, 0.25) is 10.0 Å². The number of ether oxygens (including phenoxy) is 1. The molecule has 2 N–H and O–H groups in total. The van der Waals surface area contributed by atoms with Crippen molar-refractivity contribution in [3.63, 3.8) is 0 Å². The first-order chi connectivity index (χ1) is 17.0. The topological polar surface area (TPSA) is 133 Å². The Bertz CT molecular complexity index is 1550. The molecule has 3 aromatic heterocycles. The van der Waals surface area contributed by atoms with Gasteiger partial charge in [-0.2, -0.15) is 0 Å². The van der Waals surface area contributed by atoms with E-state index in [1.54, 1.807) is 30.9 Å². The molecule has 0 unspecified atom stereocenters. The summed E-state index contributed by atoms with van der Waals surface area (Å²) < 4.78 is 48.3. The molecular formula is C22H21ClFN7O4S. The molecule has 0 saturated carbocycles. The molecule has 0 bridgehead atoms. The van der Waals surface area contributed by atoms with Crippen LogP contribution in [0, 0.1) is 5.82 Å². The second-order valence-corrected chi connectivity index (χ2v) is 10.1. The quantitative estimate of drug-likeness (QED) is 0.355. The highest BCUT2D eigenvalue weighted by atomic mass is 35.5. The highest BCUT2D eigenvalue weighted by molar-refractivity contribution is 7.92.